The molecule has 0 fully saturated rings. The Morgan fingerprint density at radius 2 is 1.11 bits per heavy atom. The molecule has 0 saturated carbocycles. The summed E-state index contributed by atoms with van der Waals surface area (Å²) in [6.07, 6.45) is 28.6. The van der Waals surface area contributed by atoms with Crippen molar-refractivity contribution >= 4 is 16.2 Å². The van der Waals surface area contributed by atoms with Gasteiger partial charge in [0.2, 0.25) is 16.2 Å². The average molecular weight is 519 g/mol. The summed E-state index contributed by atoms with van der Waals surface area (Å²) in [6.45, 7) is 8.41. The van der Waals surface area contributed by atoms with Gasteiger partial charge in [0.1, 0.15) is 13.1 Å². The molecule has 0 bridgehead atoms. The van der Waals surface area contributed by atoms with Crippen LogP contribution >= 0.6 is 0 Å². The van der Waals surface area contributed by atoms with Crippen molar-refractivity contribution in [2.75, 3.05) is 33.8 Å². The summed E-state index contributed by atoms with van der Waals surface area (Å²) in [5, 5.41) is 0. The van der Waals surface area contributed by atoms with Crippen LogP contribution in [0.4, 0.5) is 0 Å². The molecule has 210 valence electrons. The maximum atomic E-state index is 9.22. The second-order valence-corrected chi connectivity index (χ2v) is 11.3. The Bertz CT molecular complexity index is 608. The Kier molecular flexibility index (Phi) is 23.3. The zero-order chi connectivity index (χ0) is 26.2. The van der Waals surface area contributed by atoms with Crippen molar-refractivity contribution in [3.63, 3.8) is 0 Å². The Hall–Kier alpha value is -0.660. The Balaban J connectivity index is 0.00000170. The first-order chi connectivity index (χ1) is 16.9. The molecule has 0 amide bonds. The van der Waals surface area contributed by atoms with Gasteiger partial charge >= 0.3 is 0 Å². The van der Waals surface area contributed by atoms with Crippen molar-refractivity contribution in [1.82, 2.24) is 4.90 Å². The first-order valence-corrected chi connectivity index (χ1v) is 16.0. The van der Waals surface area contributed by atoms with Gasteiger partial charge in [-0.2, -0.15) is 0 Å². The van der Waals surface area contributed by atoms with Gasteiger partial charge in [-0.3, -0.25) is 13.7 Å². The number of rotatable bonds is 22. The van der Waals surface area contributed by atoms with E-state index < -0.39 is 10.4 Å². The van der Waals surface area contributed by atoms with Crippen LogP contribution in [0.5, 0.6) is 0 Å². The van der Waals surface area contributed by atoms with Crippen LogP contribution in [0.15, 0.2) is 0 Å². The summed E-state index contributed by atoms with van der Waals surface area (Å²) >= 11 is 0. The van der Waals surface area contributed by atoms with E-state index in [4.69, 9.17) is 0 Å². The lowest BCUT2D eigenvalue weighted by Gasteiger charge is -2.13. The Morgan fingerprint density at radius 3 is 1.51 bits per heavy atom. The van der Waals surface area contributed by atoms with Crippen LogP contribution in [0.1, 0.15) is 142 Å². The number of unbranched alkanes of at least 4 members (excludes halogenated alkanes) is 17. The highest BCUT2D eigenvalue weighted by Gasteiger charge is 2.26. The van der Waals surface area contributed by atoms with Crippen LogP contribution in [0.2, 0.25) is 0 Å². The van der Waals surface area contributed by atoms with E-state index in [2.05, 4.69) is 34.6 Å². The van der Waals surface area contributed by atoms with E-state index in [1.54, 1.807) is 5.84 Å². The molecule has 1 aliphatic heterocycles. The molecule has 0 aromatic carbocycles. The highest BCUT2D eigenvalue weighted by Crippen LogP contribution is 2.15. The van der Waals surface area contributed by atoms with E-state index in [1.807, 2.05) is 0 Å². The van der Waals surface area contributed by atoms with Crippen molar-refractivity contribution < 1.29 is 21.7 Å². The third kappa shape index (κ3) is 22.3. The molecule has 6 nitrogen and oxygen atoms in total. The molecule has 7 heteroatoms. The minimum Gasteiger partial charge on any atom is -0.726 e. The molecule has 1 aliphatic rings. The quantitative estimate of drug-likeness (QED) is 0.0652. The second-order valence-electron chi connectivity index (χ2n) is 10.2. The van der Waals surface area contributed by atoms with Gasteiger partial charge in [-0.15, -0.1) is 0 Å². The molecule has 0 aromatic rings. The fourth-order valence-corrected chi connectivity index (χ4v) is 4.74. The number of hydrogen-bond acceptors (Lipinski definition) is 5. The lowest BCUT2D eigenvalue weighted by atomic mass is 10.1. The number of hydrogen-bond donors (Lipinski definition) is 0. The monoisotopic (exact) mass is 518 g/mol. The highest BCUT2D eigenvalue weighted by atomic mass is 32.3. The predicted octanol–water partition coefficient (Wildman–Crippen LogP) is 7.28. The number of likely N-dealkylation sites (N-methyl/N-ethyl adjacent to an activating group) is 1. The van der Waals surface area contributed by atoms with Gasteiger partial charge in [-0.1, -0.05) is 117 Å². The van der Waals surface area contributed by atoms with Crippen LogP contribution < -0.4 is 0 Å². The van der Waals surface area contributed by atoms with Crippen molar-refractivity contribution in [3.8, 4) is 0 Å². The fraction of sp³-hybridized carbons (Fsp3) is 0.964. The minimum atomic E-state index is -4.41. The zero-order valence-corrected chi connectivity index (χ0v) is 24.5. The highest BCUT2D eigenvalue weighted by molar-refractivity contribution is 7.80. The topological polar surface area (TPSA) is 72.7 Å². The van der Waals surface area contributed by atoms with E-state index in [1.165, 1.54) is 148 Å². The van der Waals surface area contributed by atoms with E-state index in [0.717, 1.165) is 7.11 Å². The molecule has 0 aromatic heterocycles. The molecule has 0 radical (unpaired) electrons. The van der Waals surface area contributed by atoms with Crippen molar-refractivity contribution in [2.45, 2.75) is 142 Å². The molecule has 0 unspecified atom stereocenters. The summed E-state index contributed by atoms with van der Waals surface area (Å²) < 4.78 is 33.5. The third-order valence-electron chi connectivity index (χ3n) is 7.00. The van der Waals surface area contributed by atoms with Crippen LogP contribution in [-0.2, 0) is 14.6 Å². The van der Waals surface area contributed by atoms with E-state index in [9.17, 15) is 13.0 Å². The fourth-order valence-electron chi connectivity index (χ4n) is 4.74. The summed E-state index contributed by atoms with van der Waals surface area (Å²) in [6, 6.07) is 0. The van der Waals surface area contributed by atoms with Gasteiger partial charge in [0, 0.05) is 6.42 Å². The van der Waals surface area contributed by atoms with E-state index >= 15 is 0 Å². The zero-order valence-electron chi connectivity index (χ0n) is 23.7. The number of amidine groups is 1. The van der Waals surface area contributed by atoms with Gasteiger partial charge < -0.3 is 4.55 Å². The van der Waals surface area contributed by atoms with E-state index in [0.29, 0.717) is 0 Å². The molecular formula is C28H58N2O4S. The van der Waals surface area contributed by atoms with Crippen LogP contribution in [0.25, 0.3) is 0 Å². The molecule has 1 rings (SSSR count). The van der Waals surface area contributed by atoms with Gasteiger partial charge in [-0.05, 0) is 19.3 Å². The summed E-state index contributed by atoms with van der Waals surface area (Å²) in [7, 11) is -1.30. The maximum Gasteiger partial charge on any atom is 0.246 e. The van der Waals surface area contributed by atoms with Crippen LogP contribution in [-0.4, -0.2) is 62.1 Å². The SMILES string of the molecule is CCCCCCCCCCCCN1CC[N+](C)=C1CCCCCCCCCCC.COS(=O)(=O)[O-]. The minimum absolute atomic E-state index is 0.808. The van der Waals surface area contributed by atoms with Crippen molar-refractivity contribution in [1.29, 1.82) is 0 Å². The van der Waals surface area contributed by atoms with Gasteiger partial charge in [0.15, 0.2) is 0 Å². The third-order valence-corrected chi connectivity index (χ3v) is 7.41. The lowest BCUT2D eigenvalue weighted by molar-refractivity contribution is -0.487. The molecular weight excluding hydrogens is 460 g/mol. The maximum absolute atomic E-state index is 9.22. The molecule has 0 aliphatic carbocycles. The Morgan fingerprint density at radius 1 is 0.743 bits per heavy atom. The molecule has 0 N–H and O–H groups in total. The van der Waals surface area contributed by atoms with Gasteiger partial charge in [-0.25, -0.2) is 8.42 Å². The average Bonchev–Trinajstić information content (AvgIpc) is 3.18. The van der Waals surface area contributed by atoms with E-state index in [-0.39, 0.29) is 0 Å². The Labute approximate surface area is 218 Å². The van der Waals surface area contributed by atoms with Crippen molar-refractivity contribution in [2.24, 2.45) is 0 Å². The predicted molar refractivity (Wildman–Crippen MR) is 148 cm³/mol. The standard InChI is InChI=1S/C27H55N2.CH4O4S/c1-4-6-8-10-12-14-16-18-20-22-24-29-26-25-28(3)27(29)23-21-19-17-15-13-11-9-7-5-2;1-5-6(2,3)4/h4-26H2,1-3H3;1H3,(H,2,3,4)/q+1;/p-1. The molecule has 1 heterocycles. The molecule has 0 spiro atoms. The first-order valence-electron chi connectivity index (χ1n) is 14.7. The molecule has 0 atom stereocenters. The first kappa shape index (κ1) is 34.3. The summed E-state index contributed by atoms with van der Waals surface area (Å²) in [5.74, 6) is 1.64. The normalized spacial score (nSPS) is 13.9. The second kappa shape index (κ2) is 23.7. The van der Waals surface area contributed by atoms with Gasteiger partial charge in [0.25, 0.3) is 0 Å². The van der Waals surface area contributed by atoms with Gasteiger partial charge in [0.05, 0.1) is 20.7 Å². The number of nitrogens with zero attached hydrogens (tertiary/aromatic N) is 2. The summed E-state index contributed by atoms with van der Waals surface area (Å²) in [4.78, 5) is 2.70. The van der Waals surface area contributed by atoms with Crippen LogP contribution in [0, 0.1) is 0 Å². The van der Waals surface area contributed by atoms with Crippen molar-refractivity contribution in [3.05, 3.63) is 0 Å². The largest absolute Gasteiger partial charge is 0.726 e. The lowest BCUT2D eigenvalue weighted by Crippen LogP contribution is -2.30. The molecule has 0 saturated heterocycles. The van der Waals surface area contributed by atoms with Crippen LogP contribution in [0.3, 0.4) is 0 Å². The smallest absolute Gasteiger partial charge is 0.246 e. The molecule has 35 heavy (non-hydrogen) atoms. The summed E-state index contributed by atoms with van der Waals surface area (Å²) in [5.41, 5.74) is 0.